The number of hydrogen-bond donors (Lipinski definition) is 0. The van der Waals surface area contributed by atoms with Crippen molar-refractivity contribution in [2.24, 2.45) is 10.8 Å². The van der Waals surface area contributed by atoms with Crippen molar-refractivity contribution in [3.8, 4) is 6.07 Å². The topological polar surface area (TPSA) is 23.8 Å². The van der Waals surface area contributed by atoms with E-state index in [1.807, 2.05) is 45.9 Å². The van der Waals surface area contributed by atoms with E-state index in [1.54, 1.807) is 0 Å². The van der Waals surface area contributed by atoms with Crippen molar-refractivity contribution in [3.63, 3.8) is 0 Å². The number of aryl methyl sites for hydroxylation is 2. The number of hydrogen-bond acceptors (Lipinski definition) is 1. The van der Waals surface area contributed by atoms with Crippen LogP contribution in [-0.4, -0.2) is 0 Å². The number of rotatable bonds is 0. The number of nitriles is 1. The van der Waals surface area contributed by atoms with Crippen LogP contribution in [0.15, 0.2) is 18.2 Å². The summed E-state index contributed by atoms with van der Waals surface area (Å²) < 4.78 is 0. The average Bonchev–Trinajstić information content (AvgIpc) is 2.29. The Labute approximate surface area is 126 Å². The lowest BCUT2D eigenvalue weighted by Gasteiger charge is -2.49. The van der Waals surface area contributed by atoms with E-state index < -0.39 is 0 Å². The second kappa shape index (κ2) is 7.48. The van der Waals surface area contributed by atoms with Gasteiger partial charge in [-0.1, -0.05) is 59.2 Å². The largest absolute Gasteiger partial charge is 0.192 e. The van der Waals surface area contributed by atoms with Crippen LogP contribution in [0.4, 0.5) is 0 Å². The molecular formula is C19H31N. The highest BCUT2D eigenvalue weighted by Crippen LogP contribution is 2.53. The van der Waals surface area contributed by atoms with Gasteiger partial charge in [0.25, 0.3) is 0 Å². The Morgan fingerprint density at radius 1 is 0.950 bits per heavy atom. The minimum atomic E-state index is 0.656. The first-order chi connectivity index (χ1) is 9.15. The van der Waals surface area contributed by atoms with Gasteiger partial charge in [-0.15, -0.1) is 0 Å². The Hall–Kier alpha value is -1.29. The molecule has 1 aliphatic rings. The van der Waals surface area contributed by atoms with E-state index in [4.69, 9.17) is 5.26 Å². The van der Waals surface area contributed by atoms with E-state index in [1.165, 1.54) is 18.4 Å². The fraction of sp³-hybridized carbons (Fsp3) is 0.632. The van der Waals surface area contributed by atoms with Crippen molar-refractivity contribution in [1.29, 1.82) is 5.26 Å². The van der Waals surface area contributed by atoms with Gasteiger partial charge in [-0.2, -0.15) is 5.26 Å². The maximum Gasteiger partial charge on any atom is 0.0994 e. The summed E-state index contributed by atoms with van der Waals surface area (Å²) >= 11 is 0. The molecule has 1 heteroatoms. The lowest BCUT2D eigenvalue weighted by molar-refractivity contribution is 0.0201. The molecule has 0 bridgehead atoms. The molecule has 1 aromatic rings. The van der Waals surface area contributed by atoms with Crippen LogP contribution in [0.2, 0.25) is 0 Å². The predicted molar refractivity (Wildman–Crippen MR) is 88.8 cm³/mol. The summed E-state index contributed by atoms with van der Waals surface area (Å²) in [5.74, 6) is 0. The Morgan fingerprint density at radius 2 is 1.40 bits per heavy atom. The van der Waals surface area contributed by atoms with E-state index >= 15 is 0 Å². The first-order valence-corrected chi connectivity index (χ1v) is 7.63. The Morgan fingerprint density at radius 3 is 1.65 bits per heavy atom. The fourth-order valence-electron chi connectivity index (χ4n) is 3.48. The molecule has 1 aliphatic carbocycles. The molecule has 0 aliphatic heterocycles. The van der Waals surface area contributed by atoms with Crippen molar-refractivity contribution >= 4 is 0 Å². The summed E-state index contributed by atoms with van der Waals surface area (Å²) in [5, 5.41) is 8.56. The molecule has 0 aromatic heterocycles. The zero-order valence-electron chi connectivity index (χ0n) is 14.6. The average molecular weight is 273 g/mol. The van der Waals surface area contributed by atoms with Gasteiger partial charge in [0.15, 0.2) is 0 Å². The van der Waals surface area contributed by atoms with Gasteiger partial charge in [0.2, 0.25) is 0 Å². The molecule has 20 heavy (non-hydrogen) atoms. The van der Waals surface area contributed by atoms with Crippen LogP contribution in [-0.2, 0) is 0 Å². The third-order valence-corrected chi connectivity index (χ3v) is 3.42. The SMILES string of the molecule is CC.CC1(C)CC(C)(C)C1.Cc1ccc(C#N)c(C)c1. The molecule has 2 rings (SSSR count). The van der Waals surface area contributed by atoms with Gasteiger partial charge in [0, 0.05) is 0 Å². The summed E-state index contributed by atoms with van der Waals surface area (Å²) in [5.41, 5.74) is 4.34. The highest BCUT2D eigenvalue weighted by molar-refractivity contribution is 5.38. The van der Waals surface area contributed by atoms with E-state index in [0.29, 0.717) is 10.8 Å². The third kappa shape index (κ3) is 6.24. The monoisotopic (exact) mass is 273 g/mol. The van der Waals surface area contributed by atoms with Crippen LogP contribution in [0.25, 0.3) is 0 Å². The van der Waals surface area contributed by atoms with Gasteiger partial charge in [-0.25, -0.2) is 0 Å². The Balaban J connectivity index is 0.000000327. The smallest absolute Gasteiger partial charge is 0.0994 e. The molecule has 0 unspecified atom stereocenters. The fourth-order valence-corrected chi connectivity index (χ4v) is 3.48. The van der Waals surface area contributed by atoms with Gasteiger partial charge in [0.1, 0.15) is 0 Å². The highest BCUT2D eigenvalue weighted by atomic mass is 14.5. The second-order valence-electron chi connectivity index (χ2n) is 7.11. The zero-order chi connectivity index (χ0) is 16.0. The lowest BCUT2D eigenvalue weighted by atomic mass is 9.56. The molecule has 112 valence electrons. The number of benzene rings is 1. The first kappa shape index (κ1) is 18.7. The van der Waals surface area contributed by atoms with Gasteiger partial charge in [0.05, 0.1) is 11.6 Å². The van der Waals surface area contributed by atoms with Crippen molar-refractivity contribution in [2.45, 2.75) is 68.2 Å². The molecule has 0 amide bonds. The standard InChI is InChI=1S/C9H9N.C8H16.C2H6/c1-7-3-4-9(6-10)8(2)5-7;1-7(2)5-8(3,4)6-7;1-2/h3-5H,1-2H3;5-6H2,1-4H3;1-2H3. The third-order valence-electron chi connectivity index (χ3n) is 3.42. The Kier molecular flexibility index (Phi) is 7.00. The van der Waals surface area contributed by atoms with Crippen LogP contribution in [0.5, 0.6) is 0 Å². The summed E-state index contributed by atoms with van der Waals surface area (Å²) in [4.78, 5) is 0. The molecule has 1 saturated carbocycles. The van der Waals surface area contributed by atoms with Crippen LogP contribution < -0.4 is 0 Å². The summed E-state index contributed by atoms with van der Waals surface area (Å²) in [6.07, 6.45) is 2.81. The number of nitrogens with zero attached hydrogens (tertiary/aromatic N) is 1. The molecule has 0 atom stereocenters. The Bertz CT molecular complexity index is 439. The molecule has 0 saturated heterocycles. The van der Waals surface area contributed by atoms with Crippen LogP contribution in [0.1, 0.15) is 71.1 Å². The van der Waals surface area contributed by atoms with Gasteiger partial charge in [-0.05, 0) is 49.1 Å². The van der Waals surface area contributed by atoms with E-state index in [0.717, 1.165) is 11.1 Å². The van der Waals surface area contributed by atoms with Gasteiger partial charge < -0.3 is 0 Å². The second-order valence-corrected chi connectivity index (χ2v) is 7.11. The van der Waals surface area contributed by atoms with Crippen molar-refractivity contribution in [2.75, 3.05) is 0 Å². The van der Waals surface area contributed by atoms with Gasteiger partial charge in [-0.3, -0.25) is 0 Å². The maximum atomic E-state index is 8.56. The van der Waals surface area contributed by atoms with Crippen LogP contribution >= 0.6 is 0 Å². The molecule has 1 aromatic carbocycles. The highest BCUT2D eigenvalue weighted by Gasteiger charge is 2.41. The zero-order valence-corrected chi connectivity index (χ0v) is 14.6. The lowest BCUT2D eigenvalue weighted by Crippen LogP contribution is -2.38. The van der Waals surface area contributed by atoms with E-state index in [9.17, 15) is 0 Å². The molecular weight excluding hydrogens is 242 g/mol. The molecule has 0 N–H and O–H groups in total. The summed E-state index contributed by atoms with van der Waals surface area (Å²) in [6.45, 7) is 17.4. The minimum absolute atomic E-state index is 0.656. The minimum Gasteiger partial charge on any atom is -0.192 e. The maximum absolute atomic E-state index is 8.56. The first-order valence-electron chi connectivity index (χ1n) is 7.63. The predicted octanol–water partition coefficient (Wildman–Crippen LogP) is 6.03. The van der Waals surface area contributed by atoms with Crippen molar-refractivity contribution in [3.05, 3.63) is 34.9 Å². The molecule has 1 nitrogen and oxygen atoms in total. The van der Waals surface area contributed by atoms with E-state index in [2.05, 4.69) is 33.8 Å². The van der Waals surface area contributed by atoms with Crippen LogP contribution in [0, 0.1) is 36.0 Å². The van der Waals surface area contributed by atoms with Gasteiger partial charge >= 0.3 is 0 Å². The van der Waals surface area contributed by atoms with Crippen molar-refractivity contribution < 1.29 is 0 Å². The summed E-state index contributed by atoms with van der Waals surface area (Å²) in [6, 6.07) is 7.94. The normalized spacial score (nSPS) is 17.4. The van der Waals surface area contributed by atoms with Crippen molar-refractivity contribution in [1.82, 2.24) is 0 Å². The summed E-state index contributed by atoms with van der Waals surface area (Å²) in [7, 11) is 0. The molecule has 0 heterocycles. The molecule has 0 radical (unpaired) electrons. The molecule has 1 fully saturated rings. The van der Waals surface area contributed by atoms with Crippen LogP contribution in [0.3, 0.4) is 0 Å². The molecule has 0 spiro atoms. The quantitative estimate of drug-likeness (QED) is 0.566. The van der Waals surface area contributed by atoms with E-state index in [-0.39, 0.29) is 0 Å².